The molecule has 2 N–H and O–H groups in total. The minimum Gasteiger partial charge on any atom is -0.480 e. The predicted molar refractivity (Wildman–Crippen MR) is 76.0 cm³/mol. The molecule has 2 aromatic rings. The average Bonchev–Trinajstić information content (AvgIpc) is 2.43. The third-order valence-electron chi connectivity index (χ3n) is 3.04. The number of carboxylic acid groups (broad SMARTS) is 1. The number of aliphatic carboxylic acids is 1. The molecule has 0 fully saturated rings. The first-order valence-electron chi connectivity index (χ1n) is 6.18. The van der Waals surface area contributed by atoms with E-state index >= 15 is 0 Å². The standard InChI is InChI=1S/C14H15NO4S/c1-2-12(14(16)17)15-20(18,19)13-9-5-7-10-6-3-4-8-11(10)13/h3-9,12,15H,2H2,1H3,(H,16,17)/t12-/m1/s1. The van der Waals surface area contributed by atoms with Gasteiger partial charge in [0.1, 0.15) is 6.04 Å². The SMILES string of the molecule is CC[C@@H](NS(=O)(=O)c1cccc2ccccc12)C(=O)O. The molecule has 0 spiro atoms. The van der Waals surface area contributed by atoms with Gasteiger partial charge >= 0.3 is 5.97 Å². The first-order valence-corrected chi connectivity index (χ1v) is 7.67. The van der Waals surface area contributed by atoms with Gasteiger partial charge in [-0.05, 0) is 17.9 Å². The molecule has 0 saturated carbocycles. The highest BCUT2D eigenvalue weighted by atomic mass is 32.2. The summed E-state index contributed by atoms with van der Waals surface area (Å²) in [6.07, 6.45) is 0.180. The fourth-order valence-corrected chi connectivity index (χ4v) is 3.49. The van der Waals surface area contributed by atoms with Crippen molar-refractivity contribution in [2.45, 2.75) is 24.3 Å². The lowest BCUT2D eigenvalue weighted by atomic mass is 10.1. The minimum atomic E-state index is -3.87. The van der Waals surface area contributed by atoms with E-state index in [-0.39, 0.29) is 11.3 Å². The van der Waals surface area contributed by atoms with Crippen molar-refractivity contribution < 1.29 is 18.3 Å². The number of sulfonamides is 1. The van der Waals surface area contributed by atoms with Gasteiger partial charge in [0, 0.05) is 5.39 Å². The summed E-state index contributed by atoms with van der Waals surface area (Å²) in [5, 5.41) is 10.3. The number of rotatable bonds is 5. The molecule has 0 saturated heterocycles. The van der Waals surface area contributed by atoms with E-state index in [2.05, 4.69) is 4.72 Å². The summed E-state index contributed by atoms with van der Waals surface area (Å²) in [5.41, 5.74) is 0. The Labute approximate surface area is 117 Å². The Kier molecular flexibility index (Phi) is 4.06. The Morgan fingerprint density at radius 1 is 1.20 bits per heavy atom. The monoisotopic (exact) mass is 293 g/mol. The number of carboxylic acids is 1. The van der Waals surface area contributed by atoms with Gasteiger partial charge in [-0.25, -0.2) is 8.42 Å². The van der Waals surface area contributed by atoms with Crippen molar-refractivity contribution in [1.29, 1.82) is 0 Å². The Bertz CT molecular complexity index is 734. The van der Waals surface area contributed by atoms with Crippen molar-refractivity contribution in [3.05, 3.63) is 42.5 Å². The summed E-state index contributed by atoms with van der Waals surface area (Å²) < 4.78 is 26.9. The number of fused-ring (bicyclic) bond motifs is 1. The van der Waals surface area contributed by atoms with E-state index in [1.807, 2.05) is 18.2 Å². The molecular weight excluding hydrogens is 278 g/mol. The van der Waals surface area contributed by atoms with Crippen LogP contribution >= 0.6 is 0 Å². The molecule has 0 unspecified atom stereocenters. The summed E-state index contributed by atoms with van der Waals surface area (Å²) in [6.45, 7) is 1.62. The van der Waals surface area contributed by atoms with Gasteiger partial charge in [0.15, 0.2) is 0 Å². The number of hydrogen-bond donors (Lipinski definition) is 2. The van der Waals surface area contributed by atoms with Crippen LogP contribution < -0.4 is 4.72 Å². The van der Waals surface area contributed by atoms with Crippen molar-refractivity contribution in [3.63, 3.8) is 0 Å². The summed E-state index contributed by atoms with van der Waals surface area (Å²) in [6, 6.07) is 10.9. The van der Waals surface area contributed by atoms with Crippen LogP contribution in [-0.2, 0) is 14.8 Å². The van der Waals surface area contributed by atoms with E-state index in [0.717, 1.165) is 5.39 Å². The molecule has 1 atom stereocenters. The lowest BCUT2D eigenvalue weighted by Crippen LogP contribution is -2.40. The lowest BCUT2D eigenvalue weighted by Gasteiger charge is -2.14. The molecule has 106 valence electrons. The highest BCUT2D eigenvalue weighted by Gasteiger charge is 2.24. The zero-order valence-electron chi connectivity index (χ0n) is 10.9. The minimum absolute atomic E-state index is 0.0929. The molecule has 2 rings (SSSR count). The van der Waals surface area contributed by atoms with Crippen molar-refractivity contribution in [2.75, 3.05) is 0 Å². The number of hydrogen-bond acceptors (Lipinski definition) is 3. The van der Waals surface area contributed by atoms with E-state index in [1.165, 1.54) is 6.07 Å². The molecule has 0 aliphatic carbocycles. The molecule has 2 aromatic carbocycles. The normalized spacial score (nSPS) is 13.2. The van der Waals surface area contributed by atoms with E-state index in [1.54, 1.807) is 25.1 Å². The summed E-state index contributed by atoms with van der Waals surface area (Å²) in [4.78, 5) is 11.1. The van der Waals surface area contributed by atoms with Crippen LogP contribution in [0.3, 0.4) is 0 Å². The van der Waals surface area contributed by atoms with Crippen LogP contribution in [0.1, 0.15) is 13.3 Å². The Balaban J connectivity index is 2.50. The average molecular weight is 293 g/mol. The maximum atomic E-state index is 12.3. The van der Waals surface area contributed by atoms with Gasteiger partial charge < -0.3 is 5.11 Å². The third kappa shape index (κ3) is 2.81. The van der Waals surface area contributed by atoms with Crippen molar-refractivity contribution in [3.8, 4) is 0 Å². The Morgan fingerprint density at radius 2 is 1.85 bits per heavy atom. The van der Waals surface area contributed by atoms with E-state index in [0.29, 0.717) is 5.39 Å². The van der Waals surface area contributed by atoms with Crippen LogP contribution in [0.25, 0.3) is 10.8 Å². The maximum Gasteiger partial charge on any atom is 0.321 e. The van der Waals surface area contributed by atoms with Crippen LogP contribution in [0.2, 0.25) is 0 Å². The van der Waals surface area contributed by atoms with Crippen LogP contribution in [0.15, 0.2) is 47.4 Å². The molecule has 0 bridgehead atoms. The fourth-order valence-electron chi connectivity index (χ4n) is 1.99. The van der Waals surface area contributed by atoms with Crippen LogP contribution in [0, 0.1) is 0 Å². The molecule has 5 nitrogen and oxygen atoms in total. The number of carbonyl (C=O) groups is 1. The van der Waals surface area contributed by atoms with Crippen LogP contribution in [0.4, 0.5) is 0 Å². The van der Waals surface area contributed by atoms with Crippen molar-refractivity contribution >= 4 is 26.8 Å². The lowest BCUT2D eigenvalue weighted by molar-refractivity contribution is -0.139. The molecule has 0 aromatic heterocycles. The number of benzene rings is 2. The quantitative estimate of drug-likeness (QED) is 0.883. The molecule has 6 heteroatoms. The van der Waals surface area contributed by atoms with Gasteiger partial charge in [0.05, 0.1) is 4.90 Å². The summed E-state index contributed by atoms with van der Waals surface area (Å²) >= 11 is 0. The molecule has 20 heavy (non-hydrogen) atoms. The molecule has 0 amide bonds. The van der Waals surface area contributed by atoms with E-state index in [4.69, 9.17) is 5.11 Å². The topological polar surface area (TPSA) is 83.5 Å². The highest BCUT2D eigenvalue weighted by Crippen LogP contribution is 2.22. The van der Waals surface area contributed by atoms with Gasteiger partial charge in [-0.2, -0.15) is 4.72 Å². The van der Waals surface area contributed by atoms with Crippen molar-refractivity contribution in [1.82, 2.24) is 4.72 Å². The Morgan fingerprint density at radius 3 is 2.50 bits per heavy atom. The molecular formula is C14H15NO4S. The zero-order chi connectivity index (χ0) is 14.8. The third-order valence-corrected chi connectivity index (χ3v) is 4.57. The first-order chi connectivity index (χ1) is 9.45. The smallest absolute Gasteiger partial charge is 0.321 e. The van der Waals surface area contributed by atoms with Gasteiger partial charge in [0.2, 0.25) is 10.0 Å². The highest BCUT2D eigenvalue weighted by molar-refractivity contribution is 7.89. The molecule has 0 heterocycles. The largest absolute Gasteiger partial charge is 0.480 e. The zero-order valence-corrected chi connectivity index (χ0v) is 11.7. The van der Waals surface area contributed by atoms with E-state index < -0.39 is 22.0 Å². The molecule has 0 radical (unpaired) electrons. The second-order valence-corrected chi connectivity index (χ2v) is 6.08. The maximum absolute atomic E-state index is 12.3. The van der Waals surface area contributed by atoms with Gasteiger partial charge in [-0.1, -0.05) is 43.3 Å². The summed E-state index contributed by atoms with van der Waals surface area (Å²) in [7, 11) is -3.87. The first kappa shape index (κ1) is 14.5. The second-order valence-electron chi connectivity index (χ2n) is 4.40. The van der Waals surface area contributed by atoms with Crippen molar-refractivity contribution in [2.24, 2.45) is 0 Å². The van der Waals surface area contributed by atoms with Gasteiger partial charge in [-0.15, -0.1) is 0 Å². The van der Waals surface area contributed by atoms with Crippen LogP contribution in [-0.4, -0.2) is 25.5 Å². The van der Waals surface area contributed by atoms with Crippen LogP contribution in [0.5, 0.6) is 0 Å². The van der Waals surface area contributed by atoms with Gasteiger partial charge in [-0.3, -0.25) is 4.79 Å². The Hall–Kier alpha value is -1.92. The predicted octanol–water partition coefficient (Wildman–Crippen LogP) is 1.98. The summed E-state index contributed by atoms with van der Waals surface area (Å²) in [5.74, 6) is -1.18. The van der Waals surface area contributed by atoms with Gasteiger partial charge in [0.25, 0.3) is 0 Å². The molecule has 0 aliphatic heterocycles. The fraction of sp³-hybridized carbons (Fsp3) is 0.214. The number of nitrogens with one attached hydrogen (secondary N) is 1. The molecule has 0 aliphatic rings. The van der Waals surface area contributed by atoms with E-state index in [9.17, 15) is 13.2 Å². The second kappa shape index (κ2) is 5.60.